The van der Waals surface area contributed by atoms with E-state index in [1.165, 1.54) is 36.4 Å². The van der Waals surface area contributed by atoms with Gasteiger partial charge in [-0.15, -0.1) is 0 Å². The SMILES string of the molecule is CCCc1c[nH]c2ccccc12.CN. The fourth-order valence-electron chi connectivity index (χ4n) is 1.61. The highest BCUT2D eigenvalue weighted by molar-refractivity contribution is 5.82. The molecule has 76 valence electrons. The first-order valence-corrected chi connectivity index (χ1v) is 5.04. The van der Waals surface area contributed by atoms with E-state index in [0.29, 0.717) is 0 Å². The van der Waals surface area contributed by atoms with Crippen molar-refractivity contribution < 1.29 is 0 Å². The van der Waals surface area contributed by atoms with Crippen molar-refractivity contribution in [1.82, 2.24) is 4.98 Å². The molecule has 2 rings (SSSR count). The molecule has 2 nitrogen and oxygen atoms in total. The molecule has 1 aromatic heterocycles. The van der Waals surface area contributed by atoms with Crippen molar-refractivity contribution in [3.05, 3.63) is 36.0 Å². The van der Waals surface area contributed by atoms with Crippen molar-refractivity contribution in [3.63, 3.8) is 0 Å². The highest BCUT2D eigenvalue weighted by Crippen LogP contribution is 2.18. The van der Waals surface area contributed by atoms with Crippen LogP contribution in [0.3, 0.4) is 0 Å². The number of hydrogen-bond acceptors (Lipinski definition) is 1. The van der Waals surface area contributed by atoms with Crippen molar-refractivity contribution >= 4 is 10.9 Å². The Bertz CT molecular complexity index is 376. The molecule has 0 aliphatic heterocycles. The van der Waals surface area contributed by atoms with Gasteiger partial charge in [-0.2, -0.15) is 0 Å². The zero-order chi connectivity index (χ0) is 10.4. The van der Waals surface area contributed by atoms with Crippen LogP contribution in [0.1, 0.15) is 18.9 Å². The van der Waals surface area contributed by atoms with Crippen LogP contribution in [0.15, 0.2) is 30.5 Å². The summed E-state index contributed by atoms with van der Waals surface area (Å²) in [5, 5.41) is 1.37. The van der Waals surface area contributed by atoms with Gasteiger partial charge in [0.1, 0.15) is 0 Å². The fraction of sp³-hybridized carbons (Fsp3) is 0.333. The minimum atomic E-state index is 1.17. The number of nitrogens with two attached hydrogens (primary N) is 1. The second-order valence-electron chi connectivity index (χ2n) is 3.11. The predicted octanol–water partition coefficient (Wildman–Crippen LogP) is 2.70. The van der Waals surface area contributed by atoms with Gasteiger partial charge < -0.3 is 10.7 Å². The summed E-state index contributed by atoms with van der Waals surface area (Å²) < 4.78 is 0. The molecule has 14 heavy (non-hydrogen) atoms. The van der Waals surface area contributed by atoms with E-state index < -0.39 is 0 Å². The van der Waals surface area contributed by atoms with Crippen molar-refractivity contribution in [3.8, 4) is 0 Å². The summed E-state index contributed by atoms with van der Waals surface area (Å²) in [6.07, 6.45) is 4.50. The zero-order valence-electron chi connectivity index (χ0n) is 8.88. The molecule has 0 unspecified atom stereocenters. The molecule has 0 aliphatic carbocycles. The lowest BCUT2D eigenvalue weighted by Gasteiger charge is -1.93. The third kappa shape index (κ3) is 2.15. The van der Waals surface area contributed by atoms with E-state index in [9.17, 15) is 0 Å². The summed E-state index contributed by atoms with van der Waals surface area (Å²) >= 11 is 0. The van der Waals surface area contributed by atoms with Gasteiger partial charge in [0.2, 0.25) is 0 Å². The smallest absolute Gasteiger partial charge is 0.0456 e. The van der Waals surface area contributed by atoms with Crippen LogP contribution >= 0.6 is 0 Å². The van der Waals surface area contributed by atoms with Crippen LogP contribution < -0.4 is 5.73 Å². The zero-order valence-corrected chi connectivity index (χ0v) is 8.88. The lowest BCUT2D eigenvalue weighted by Crippen LogP contribution is -1.77. The molecule has 0 spiro atoms. The molecule has 2 heteroatoms. The molecule has 0 saturated carbocycles. The molecule has 0 bridgehead atoms. The molecule has 1 heterocycles. The van der Waals surface area contributed by atoms with E-state index in [1.54, 1.807) is 0 Å². The highest BCUT2D eigenvalue weighted by Gasteiger charge is 1.99. The van der Waals surface area contributed by atoms with Crippen LogP contribution in [0.4, 0.5) is 0 Å². The first kappa shape index (κ1) is 10.8. The molecule has 0 aliphatic rings. The maximum Gasteiger partial charge on any atom is 0.0456 e. The van der Waals surface area contributed by atoms with Gasteiger partial charge in [-0.05, 0) is 25.1 Å². The van der Waals surface area contributed by atoms with E-state index in [4.69, 9.17) is 0 Å². The third-order valence-corrected chi connectivity index (χ3v) is 2.19. The number of rotatable bonds is 2. The Hall–Kier alpha value is -1.28. The molecule has 0 atom stereocenters. The normalized spacial score (nSPS) is 9.64. The number of hydrogen-bond donors (Lipinski definition) is 2. The summed E-state index contributed by atoms with van der Waals surface area (Å²) in [5.74, 6) is 0. The molecule has 0 saturated heterocycles. The number of H-pyrrole nitrogens is 1. The maximum atomic E-state index is 4.50. The Kier molecular flexibility index (Phi) is 4.20. The minimum absolute atomic E-state index is 1.17. The number of fused-ring (bicyclic) bond motifs is 1. The first-order chi connectivity index (χ1) is 6.92. The monoisotopic (exact) mass is 190 g/mol. The van der Waals surface area contributed by atoms with Crippen molar-refractivity contribution in [2.24, 2.45) is 5.73 Å². The number of benzene rings is 1. The van der Waals surface area contributed by atoms with Crippen LogP contribution in [0.2, 0.25) is 0 Å². The largest absolute Gasteiger partial charge is 0.361 e. The van der Waals surface area contributed by atoms with E-state index >= 15 is 0 Å². The Balaban J connectivity index is 0.000000461. The molecule has 3 N–H and O–H groups in total. The highest BCUT2D eigenvalue weighted by atomic mass is 14.7. The minimum Gasteiger partial charge on any atom is -0.361 e. The van der Waals surface area contributed by atoms with Crippen LogP contribution in [0.5, 0.6) is 0 Å². The lowest BCUT2D eigenvalue weighted by molar-refractivity contribution is 0.929. The molecule has 0 radical (unpaired) electrons. The molecule has 0 fully saturated rings. The van der Waals surface area contributed by atoms with Crippen molar-refractivity contribution in [1.29, 1.82) is 0 Å². The molecule has 2 aromatic rings. The Morgan fingerprint density at radius 1 is 1.21 bits per heavy atom. The molecular weight excluding hydrogens is 172 g/mol. The average molecular weight is 190 g/mol. The standard InChI is InChI=1S/C11H13N.CH5N/c1-2-5-9-8-12-11-7-4-3-6-10(9)11;1-2/h3-4,6-8,12H,2,5H2,1H3;2H2,1H3. The average Bonchev–Trinajstić information content (AvgIpc) is 2.66. The molecular formula is C12H18N2. The number of nitrogens with one attached hydrogen (secondary N) is 1. The quantitative estimate of drug-likeness (QED) is 0.751. The lowest BCUT2D eigenvalue weighted by atomic mass is 10.1. The number of para-hydroxylation sites is 1. The van der Waals surface area contributed by atoms with Gasteiger partial charge in [0.05, 0.1) is 0 Å². The van der Waals surface area contributed by atoms with Gasteiger partial charge in [-0.1, -0.05) is 31.5 Å². The Morgan fingerprint density at radius 2 is 1.93 bits per heavy atom. The van der Waals surface area contributed by atoms with Gasteiger partial charge in [-0.3, -0.25) is 0 Å². The fourth-order valence-corrected chi connectivity index (χ4v) is 1.61. The summed E-state index contributed by atoms with van der Waals surface area (Å²) in [6.45, 7) is 2.21. The van der Waals surface area contributed by atoms with Gasteiger partial charge in [0.15, 0.2) is 0 Å². The second-order valence-corrected chi connectivity index (χ2v) is 3.11. The third-order valence-electron chi connectivity index (χ3n) is 2.19. The maximum absolute atomic E-state index is 4.50. The Labute approximate surface area is 85.1 Å². The van der Waals surface area contributed by atoms with Crippen LogP contribution in [0.25, 0.3) is 10.9 Å². The van der Waals surface area contributed by atoms with E-state index in [0.717, 1.165) is 0 Å². The van der Waals surface area contributed by atoms with E-state index in [2.05, 4.69) is 48.1 Å². The van der Waals surface area contributed by atoms with Gasteiger partial charge in [-0.25, -0.2) is 0 Å². The molecule has 0 amide bonds. The van der Waals surface area contributed by atoms with Gasteiger partial charge in [0.25, 0.3) is 0 Å². The van der Waals surface area contributed by atoms with E-state index in [-0.39, 0.29) is 0 Å². The van der Waals surface area contributed by atoms with Crippen LogP contribution in [-0.4, -0.2) is 12.0 Å². The van der Waals surface area contributed by atoms with Gasteiger partial charge >= 0.3 is 0 Å². The van der Waals surface area contributed by atoms with Crippen molar-refractivity contribution in [2.45, 2.75) is 19.8 Å². The summed E-state index contributed by atoms with van der Waals surface area (Å²) in [4.78, 5) is 3.27. The first-order valence-electron chi connectivity index (χ1n) is 5.04. The number of aromatic nitrogens is 1. The van der Waals surface area contributed by atoms with Gasteiger partial charge in [0, 0.05) is 17.1 Å². The predicted molar refractivity (Wildman–Crippen MR) is 62.4 cm³/mol. The number of aryl methyl sites for hydroxylation is 1. The van der Waals surface area contributed by atoms with Crippen molar-refractivity contribution in [2.75, 3.05) is 7.05 Å². The number of aromatic amines is 1. The summed E-state index contributed by atoms with van der Waals surface area (Å²) in [5.41, 5.74) is 7.19. The summed E-state index contributed by atoms with van der Waals surface area (Å²) in [7, 11) is 1.50. The van der Waals surface area contributed by atoms with E-state index in [1.807, 2.05) is 0 Å². The Morgan fingerprint density at radius 3 is 2.64 bits per heavy atom. The van der Waals surface area contributed by atoms with Crippen LogP contribution in [0, 0.1) is 0 Å². The topological polar surface area (TPSA) is 41.8 Å². The summed E-state index contributed by atoms with van der Waals surface area (Å²) in [6, 6.07) is 8.45. The second kappa shape index (κ2) is 5.45. The van der Waals surface area contributed by atoms with Crippen LogP contribution in [-0.2, 0) is 6.42 Å². The molecule has 1 aromatic carbocycles.